The molecule has 0 heterocycles. The van der Waals surface area contributed by atoms with Crippen molar-refractivity contribution in [3.8, 4) is 0 Å². The van der Waals surface area contributed by atoms with E-state index < -0.39 is 11.7 Å². The maximum Gasteiger partial charge on any atom is 0.412 e. The van der Waals surface area contributed by atoms with Crippen LogP contribution in [-0.2, 0) is 4.74 Å². The van der Waals surface area contributed by atoms with Crippen molar-refractivity contribution in [1.82, 2.24) is 0 Å². The quantitative estimate of drug-likeness (QED) is 0.879. The minimum Gasteiger partial charge on any atom is -0.444 e. The second-order valence-corrected chi connectivity index (χ2v) is 6.09. The third-order valence-electron chi connectivity index (χ3n) is 3.19. The van der Waals surface area contributed by atoms with Crippen molar-refractivity contribution in [2.24, 2.45) is 11.7 Å². The Balaban J connectivity index is 1.98. The second-order valence-electron chi connectivity index (χ2n) is 6.09. The first-order valence-corrected chi connectivity index (χ1v) is 6.69. The average molecular weight is 262 g/mol. The second kappa shape index (κ2) is 5.21. The number of nitrogens with two attached hydrogens (primary N) is 1. The van der Waals surface area contributed by atoms with E-state index in [1.54, 1.807) is 0 Å². The highest BCUT2D eigenvalue weighted by Gasteiger charge is 2.36. The van der Waals surface area contributed by atoms with E-state index in [0.717, 1.165) is 18.7 Å². The summed E-state index contributed by atoms with van der Waals surface area (Å²) in [5, 5.41) is 2.76. The number of carbonyl (C=O) groups is 1. The monoisotopic (exact) mass is 262 g/mol. The SMILES string of the molecule is CC(C)(C)OC(=O)Nc1cccc(C2CC2CN)c1. The van der Waals surface area contributed by atoms with E-state index in [2.05, 4.69) is 11.4 Å². The van der Waals surface area contributed by atoms with Gasteiger partial charge in [-0.15, -0.1) is 0 Å². The summed E-state index contributed by atoms with van der Waals surface area (Å²) in [6.45, 7) is 6.27. The van der Waals surface area contributed by atoms with Crippen LogP contribution < -0.4 is 11.1 Å². The lowest BCUT2D eigenvalue weighted by molar-refractivity contribution is 0.0636. The van der Waals surface area contributed by atoms with Crippen molar-refractivity contribution in [1.29, 1.82) is 0 Å². The van der Waals surface area contributed by atoms with Crippen LogP contribution >= 0.6 is 0 Å². The third kappa shape index (κ3) is 3.96. The molecule has 2 atom stereocenters. The molecule has 0 bridgehead atoms. The van der Waals surface area contributed by atoms with Crippen molar-refractivity contribution in [3.05, 3.63) is 29.8 Å². The van der Waals surface area contributed by atoms with Gasteiger partial charge in [-0.1, -0.05) is 12.1 Å². The number of rotatable bonds is 3. The molecule has 0 saturated heterocycles. The van der Waals surface area contributed by atoms with Crippen molar-refractivity contribution in [3.63, 3.8) is 0 Å². The summed E-state index contributed by atoms with van der Waals surface area (Å²) in [5.41, 5.74) is 7.19. The van der Waals surface area contributed by atoms with Crippen molar-refractivity contribution in [2.75, 3.05) is 11.9 Å². The minimum absolute atomic E-state index is 0.421. The first-order chi connectivity index (χ1) is 8.89. The first-order valence-electron chi connectivity index (χ1n) is 6.69. The Bertz CT molecular complexity index is 465. The molecule has 1 saturated carbocycles. The Morgan fingerprint density at radius 2 is 2.21 bits per heavy atom. The Labute approximate surface area is 114 Å². The van der Waals surface area contributed by atoms with Gasteiger partial charge in [-0.2, -0.15) is 0 Å². The van der Waals surface area contributed by atoms with Crippen molar-refractivity contribution < 1.29 is 9.53 Å². The van der Waals surface area contributed by atoms with Crippen LogP contribution in [0.2, 0.25) is 0 Å². The number of hydrogen-bond acceptors (Lipinski definition) is 3. The predicted molar refractivity (Wildman–Crippen MR) is 76.2 cm³/mol. The summed E-state index contributed by atoms with van der Waals surface area (Å²) in [6.07, 6.45) is 0.725. The molecule has 0 spiro atoms. The molecular formula is C15H22N2O2. The van der Waals surface area contributed by atoms with Gasteiger partial charge in [-0.3, -0.25) is 5.32 Å². The van der Waals surface area contributed by atoms with E-state index in [1.807, 2.05) is 39.0 Å². The van der Waals surface area contributed by atoms with Gasteiger partial charge in [0.15, 0.2) is 0 Å². The average Bonchev–Trinajstić information content (AvgIpc) is 3.05. The Morgan fingerprint density at radius 1 is 1.47 bits per heavy atom. The molecule has 4 nitrogen and oxygen atoms in total. The number of amides is 1. The van der Waals surface area contributed by atoms with E-state index in [4.69, 9.17) is 10.5 Å². The fourth-order valence-electron chi connectivity index (χ4n) is 2.18. The van der Waals surface area contributed by atoms with Crippen LogP contribution in [-0.4, -0.2) is 18.2 Å². The molecule has 4 heteroatoms. The summed E-state index contributed by atoms with van der Waals surface area (Å²) in [7, 11) is 0. The van der Waals surface area contributed by atoms with Gasteiger partial charge in [0.1, 0.15) is 5.60 Å². The molecule has 3 N–H and O–H groups in total. The summed E-state index contributed by atoms with van der Waals surface area (Å²) in [6, 6.07) is 7.91. The maximum atomic E-state index is 11.7. The highest BCUT2D eigenvalue weighted by molar-refractivity contribution is 5.85. The van der Waals surface area contributed by atoms with E-state index >= 15 is 0 Å². The minimum atomic E-state index is -0.483. The van der Waals surface area contributed by atoms with Gasteiger partial charge in [0, 0.05) is 5.69 Å². The number of ether oxygens (including phenoxy) is 1. The van der Waals surface area contributed by atoms with E-state index in [0.29, 0.717) is 11.8 Å². The molecule has 1 aromatic rings. The molecule has 1 amide bonds. The Hall–Kier alpha value is -1.55. The molecule has 1 aliphatic carbocycles. The molecule has 19 heavy (non-hydrogen) atoms. The summed E-state index contributed by atoms with van der Waals surface area (Å²) < 4.78 is 5.23. The zero-order chi connectivity index (χ0) is 14.0. The molecule has 2 rings (SSSR count). The van der Waals surface area contributed by atoms with Crippen LogP contribution in [0.4, 0.5) is 10.5 Å². The fraction of sp³-hybridized carbons (Fsp3) is 0.533. The van der Waals surface area contributed by atoms with Gasteiger partial charge < -0.3 is 10.5 Å². The molecule has 0 radical (unpaired) electrons. The molecule has 0 aromatic heterocycles. The van der Waals surface area contributed by atoms with E-state index in [1.165, 1.54) is 5.56 Å². The van der Waals surface area contributed by atoms with Gasteiger partial charge in [0.25, 0.3) is 0 Å². The third-order valence-corrected chi connectivity index (χ3v) is 3.19. The number of carbonyl (C=O) groups excluding carboxylic acids is 1. The lowest BCUT2D eigenvalue weighted by Gasteiger charge is -2.19. The molecule has 104 valence electrons. The Kier molecular flexibility index (Phi) is 3.80. The lowest BCUT2D eigenvalue weighted by Crippen LogP contribution is -2.27. The molecule has 1 fully saturated rings. The zero-order valence-electron chi connectivity index (χ0n) is 11.8. The van der Waals surface area contributed by atoms with Crippen LogP contribution in [0.1, 0.15) is 38.7 Å². The van der Waals surface area contributed by atoms with Gasteiger partial charge in [-0.05, 0) is 63.3 Å². The smallest absolute Gasteiger partial charge is 0.412 e. The number of nitrogens with one attached hydrogen (secondary N) is 1. The summed E-state index contributed by atoms with van der Waals surface area (Å²) in [4.78, 5) is 11.7. The molecule has 1 aliphatic rings. The van der Waals surface area contributed by atoms with Crippen molar-refractivity contribution >= 4 is 11.8 Å². The van der Waals surface area contributed by atoms with Crippen LogP contribution in [0, 0.1) is 5.92 Å². The lowest BCUT2D eigenvalue weighted by atomic mass is 10.1. The van der Waals surface area contributed by atoms with E-state index in [-0.39, 0.29) is 0 Å². The molecule has 0 aliphatic heterocycles. The van der Waals surface area contributed by atoms with Crippen molar-refractivity contribution in [2.45, 2.75) is 38.7 Å². The normalized spacial score (nSPS) is 21.9. The van der Waals surface area contributed by atoms with Crippen LogP contribution in [0.3, 0.4) is 0 Å². The van der Waals surface area contributed by atoms with Gasteiger partial charge in [-0.25, -0.2) is 4.79 Å². The summed E-state index contributed by atoms with van der Waals surface area (Å²) >= 11 is 0. The first kappa shape index (κ1) is 13.9. The zero-order valence-corrected chi connectivity index (χ0v) is 11.8. The summed E-state index contributed by atoms with van der Waals surface area (Å²) in [5.74, 6) is 1.14. The van der Waals surface area contributed by atoms with Gasteiger partial charge in [0.2, 0.25) is 0 Å². The largest absolute Gasteiger partial charge is 0.444 e. The predicted octanol–water partition coefficient (Wildman–Crippen LogP) is 3.10. The van der Waals surface area contributed by atoms with Gasteiger partial charge in [0.05, 0.1) is 0 Å². The molecule has 2 unspecified atom stereocenters. The highest BCUT2D eigenvalue weighted by atomic mass is 16.6. The van der Waals surface area contributed by atoms with E-state index in [9.17, 15) is 4.79 Å². The number of hydrogen-bond donors (Lipinski definition) is 2. The number of anilines is 1. The standard InChI is InChI=1S/C15H22N2O2/c1-15(2,3)19-14(18)17-12-6-4-5-10(7-12)13-8-11(13)9-16/h4-7,11,13H,8-9,16H2,1-3H3,(H,17,18). The fourth-order valence-corrected chi connectivity index (χ4v) is 2.18. The molecule has 1 aromatic carbocycles. The van der Waals surface area contributed by atoms with Crippen LogP contribution in [0.25, 0.3) is 0 Å². The molecular weight excluding hydrogens is 240 g/mol. The topological polar surface area (TPSA) is 64.3 Å². The van der Waals surface area contributed by atoms with Gasteiger partial charge >= 0.3 is 6.09 Å². The highest BCUT2D eigenvalue weighted by Crippen LogP contribution is 2.46. The Morgan fingerprint density at radius 3 is 2.79 bits per heavy atom. The van der Waals surface area contributed by atoms with Crippen LogP contribution in [0.15, 0.2) is 24.3 Å². The maximum absolute atomic E-state index is 11.7. The number of benzene rings is 1. The van der Waals surface area contributed by atoms with Crippen LogP contribution in [0.5, 0.6) is 0 Å².